The molecule has 0 aliphatic carbocycles. The van der Waals surface area contributed by atoms with E-state index in [1.807, 2.05) is 72.8 Å². The number of hydrogen-bond acceptors (Lipinski definition) is 20. The van der Waals surface area contributed by atoms with E-state index in [-0.39, 0.29) is 0 Å². The fourth-order valence-corrected chi connectivity index (χ4v) is 7.45. The van der Waals surface area contributed by atoms with Crippen LogP contribution in [0.1, 0.15) is 67.2 Å². The molecule has 0 aliphatic rings. The zero-order valence-electron chi connectivity index (χ0n) is 42.1. The summed E-state index contributed by atoms with van der Waals surface area (Å²) in [7, 11) is 12.9. The van der Waals surface area contributed by atoms with Crippen molar-refractivity contribution < 1.29 is 37.9 Å². The van der Waals surface area contributed by atoms with Gasteiger partial charge in [-0.25, -0.2) is 0 Å². The van der Waals surface area contributed by atoms with Gasteiger partial charge in [-0.2, -0.15) is 29.9 Å². The number of rotatable bonds is 32. The van der Waals surface area contributed by atoms with E-state index in [1.165, 1.54) is 0 Å². The minimum absolute atomic E-state index is 0.434. The predicted molar refractivity (Wildman–Crippen MR) is 276 cm³/mol. The van der Waals surface area contributed by atoms with E-state index in [0.29, 0.717) is 108 Å². The highest BCUT2D eigenvalue weighted by molar-refractivity contribution is 5.49. The average molecular weight is 977 g/mol. The topological polar surface area (TPSA) is 223 Å². The van der Waals surface area contributed by atoms with Crippen LogP contribution < -0.4 is 69.8 Å². The van der Waals surface area contributed by atoms with Crippen molar-refractivity contribution in [2.75, 3.05) is 102 Å². The molecule has 4 aromatic carbocycles. The molecule has 0 amide bonds. The van der Waals surface area contributed by atoms with Crippen LogP contribution in [0.4, 0.5) is 35.7 Å². The average Bonchev–Trinajstić information content (AvgIpc) is 3.41. The largest absolute Gasteiger partial charge is 0.493 e. The molecule has 71 heavy (non-hydrogen) atoms. The van der Waals surface area contributed by atoms with Crippen LogP contribution in [0.5, 0.6) is 46.0 Å². The fourth-order valence-electron chi connectivity index (χ4n) is 7.45. The normalized spacial score (nSPS) is 10.7. The van der Waals surface area contributed by atoms with Crippen molar-refractivity contribution in [2.24, 2.45) is 0 Å². The lowest BCUT2D eigenvalue weighted by Crippen LogP contribution is -2.13. The van der Waals surface area contributed by atoms with Gasteiger partial charge in [0.1, 0.15) is 0 Å². The summed E-state index contributed by atoms with van der Waals surface area (Å²) in [4.78, 5) is 28.1. The lowest BCUT2D eigenvalue weighted by molar-refractivity contribution is 0.354. The molecule has 20 nitrogen and oxygen atoms in total. The third-order valence-corrected chi connectivity index (χ3v) is 11.3. The molecule has 20 heteroatoms. The maximum atomic E-state index is 5.49. The molecule has 0 unspecified atom stereocenters. The van der Waals surface area contributed by atoms with E-state index in [4.69, 9.17) is 37.9 Å². The van der Waals surface area contributed by atoms with Gasteiger partial charge >= 0.3 is 0 Å². The first-order chi connectivity index (χ1) is 34.8. The standard InChI is InChI=1S/C51H68N12O8/c1-64-38-20-16-34(26-42(38)68-5)30-54-48-58-46(59-49(62-48)55-31-35-17-21-39(65-2)43(27-35)69-6)52-24-14-12-10-9-11-13-15-25-53-47-60-50(56-32-36-18-22-40(66-3)44(28-36)70-7)63-51(61-47)57-33-37-19-23-41(67-4)45(29-37)71-8/h16-23,26-29H,9-15,24-25,30-33H2,1-8H3,(H3,52,54,55,58,59,62)(H3,53,56,57,60,61,63). The predicted octanol–water partition coefficient (Wildman–Crippen LogP) is 8.83. The number of unbranched alkanes of at least 4 members (excludes halogenated alkanes) is 6. The highest BCUT2D eigenvalue weighted by Crippen LogP contribution is 2.31. The summed E-state index contributed by atoms with van der Waals surface area (Å²) in [5.41, 5.74) is 3.92. The number of anilines is 6. The van der Waals surface area contributed by atoms with Gasteiger partial charge in [-0.3, -0.25) is 0 Å². The van der Waals surface area contributed by atoms with Crippen LogP contribution in [0, 0.1) is 0 Å². The zero-order chi connectivity index (χ0) is 50.2. The van der Waals surface area contributed by atoms with Gasteiger partial charge in [-0.05, 0) is 83.6 Å². The number of ether oxygens (including phenoxy) is 8. The van der Waals surface area contributed by atoms with Gasteiger partial charge in [0.25, 0.3) is 0 Å². The van der Waals surface area contributed by atoms with Crippen LogP contribution in [-0.4, -0.2) is 99.9 Å². The maximum Gasteiger partial charge on any atom is 0.229 e. The summed E-state index contributed by atoms with van der Waals surface area (Å²) in [6, 6.07) is 23.1. The van der Waals surface area contributed by atoms with Crippen molar-refractivity contribution in [1.82, 2.24) is 29.9 Å². The Balaban J connectivity index is 0.964. The molecule has 0 radical (unpaired) electrons. The minimum atomic E-state index is 0.434. The molecule has 2 aromatic heterocycles. The maximum absolute atomic E-state index is 5.49. The SMILES string of the molecule is COc1ccc(CNc2nc(NCCCCCCCCCNc3nc(NCc4ccc(OC)c(OC)c4)nc(NCc4ccc(OC)c(OC)c4)n3)nc(NCc3ccc(OC)c(OC)c3)n2)cc1OC. The van der Waals surface area contributed by atoms with E-state index in [0.717, 1.165) is 80.3 Å². The molecule has 0 aliphatic heterocycles. The molecule has 0 saturated carbocycles. The Kier molecular flexibility index (Phi) is 20.6. The highest BCUT2D eigenvalue weighted by Gasteiger charge is 2.13. The first kappa shape index (κ1) is 52.5. The van der Waals surface area contributed by atoms with Crippen LogP contribution >= 0.6 is 0 Å². The van der Waals surface area contributed by atoms with Crippen LogP contribution in [0.15, 0.2) is 72.8 Å². The summed E-state index contributed by atoms with van der Waals surface area (Å²) in [5, 5.41) is 20.2. The third-order valence-electron chi connectivity index (χ3n) is 11.3. The van der Waals surface area contributed by atoms with E-state index in [9.17, 15) is 0 Å². The summed E-state index contributed by atoms with van der Waals surface area (Å²) >= 11 is 0. The zero-order valence-corrected chi connectivity index (χ0v) is 42.1. The van der Waals surface area contributed by atoms with Crippen LogP contribution in [-0.2, 0) is 26.2 Å². The van der Waals surface area contributed by atoms with Gasteiger partial charge in [0.05, 0.1) is 56.9 Å². The van der Waals surface area contributed by atoms with Crippen LogP contribution in [0.25, 0.3) is 0 Å². The Morgan fingerprint density at radius 2 is 0.479 bits per heavy atom. The van der Waals surface area contributed by atoms with Crippen molar-refractivity contribution in [3.8, 4) is 46.0 Å². The van der Waals surface area contributed by atoms with Gasteiger partial charge in [0, 0.05) is 39.3 Å². The molecular formula is C51H68N12O8. The van der Waals surface area contributed by atoms with Crippen molar-refractivity contribution >= 4 is 35.7 Å². The number of aromatic nitrogens is 6. The van der Waals surface area contributed by atoms with E-state index in [1.54, 1.807) is 56.9 Å². The second kappa shape index (κ2) is 27.9. The Bertz CT molecular complexity index is 2260. The minimum Gasteiger partial charge on any atom is -0.493 e. The number of methoxy groups -OCH3 is 8. The second-order valence-electron chi connectivity index (χ2n) is 16.1. The fraction of sp³-hybridized carbons (Fsp3) is 0.412. The smallest absolute Gasteiger partial charge is 0.229 e. The molecule has 6 N–H and O–H groups in total. The van der Waals surface area contributed by atoms with Crippen LogP contribution in [0.2, 0.25) is 0 Å². The number of nitrogens with one attached hydrogen (secondary N) is 6. The van der Waals surface area contributed by atoms with Gasteiger partial charge in [0.2, 0.25) is 35.7 Å². The third kappa shape index (κ3) is 16.1. The Labute approximate surface area is 416 Å². The lowest BCUT2D eigenvalue weighted by Gasteiger charge is -2.13. The van der Waals surface area contributed by atoms with Gasteiger partial charge in [-0.1, -0.05) is 56.4 Å². The van der Waals surface area contributed by atoms with E-state index in [2.05, 4.69) is 61.8 Å². The number of nitrogens with zero attached hydrogens (tertiary/aromatic N) is 6. The first-order valence-corrected chi connectivity index (χ1v) is 23.6. The highest BCUT2D eigenvalue weighted by atomic mass is 16.5. The number of hydrogen-bond donors (Lipinski definition) is 6. The molecule has 0 fully saturated rings. The first-order valence-electron chi connectivity index (χ1n) is 23.6. The van der Waals surface area contributed by atoms with Crippen molar-refractivity contribution in [3.05, 3.63) is 95.1 Å². The Hall–Kier alpha value is -7.90. The molecule has 0 saturated heterocycles. The van der Waals surface area contributed by atoms with Crippen LogP contribution in [0.3, 0.4) is 0 Å². The molecule has 0 atom stereocenters. The van der Waals surface area contributed by atoms with E-state index >= 15 is 0 Å². The van der Waals surface area contributed by atoms with Crippen molar-refractivity contribution in [2.45, 2.75) is 71.1 Å². The molecular weight excluding hydrogens is 909 g/mol. The Morgan fingerprint density at radius 1 is 0.268 bits per heavy atom. The van der Waals surface area contributed by atoms with Gasteiger partial charge < -0.3 is 69.8 Å². The van der Waals surface area contributed by atoms with Crippen molar-refractivity contribution in [3.63, 3.8) is 0 Å². The number of benzene rings is 4. The quantitative estimate of drug-likeness (QED) is 0.0217. The molecule has 0 spiro atoms. The second-order valence-corrected chi connectivity index (χ2v) is 16.1. The summed E-state index contributed by atoms with van der Waals surface area (Å²) in [6.45, 7) is 3.31. The summed E-state index contributed by atoms with van der Waals surface area (Å²) in [5.74, 6) is 7.94. The summed E-state index contributed by atoms with van der Waals surface area (Å²) < 4.78 is 43.6. The van der Waals surface area contributed by atoms with E-state index < -0.39 is 0 Å². The molecule has 0 bridgehead atoms. The molecule has 380 valence electrons. The van der Waals surface area contributed by atoms with Crippen molar-refractivity contribution in [1.29, 1.82) is 0 Å². The monoisotopic (exact) mass is 977 g/mol. The lowest BCUT2D eigenvalue weighted by atomic mass is 10.1. The Morgan fingerprint density at radius 3 is 0.704 bits per heavy atom. The van der Waals surface area contributed by atoms with Gasteiger partial charge in [0.15, 0.2) is 46.0 Å². The molecule has 6 aromatic rings. The van der Waals surface area contributed by atoms with Gasteiger partial charge in [-0.15, -0.1) is 0 Å². The summed E-state index contributed by atoms with van der Waals surface area (Å²) in [6.07, 6.45) is 7.49. The molecule has 2 heterocycles. The molecule has 6 rings (SSSR count).